The van der Waals surface area contributed by atoms with Crippen LogP contribution in [0.2, 0.25) is 0 Å². The van der Waals surface area contributed by atoms with E-state index >= 15 is 0 Å². The zero-order valence-electron chi connectivity index (χ0n) is 22.8. The molecule has 0 saturated carbocycles. The molecule has 39 heavy (non-hydrogen) atoms. The van der Waals surface area contributed by atoms with E-state index in [1.54, 1.807) is 0 Å². The van der Waals surface area contributed by atoms with Gasteiger partial charge in [0.1, 0.15) is 5.69 Å². The van der Waals surface area contributed by atoms with Crippen LogP contribution in [-0.4, -0.2) is 91.7 Å². The van der Waals surface area contributed by atoms with Crippen molar-refractivity contribution in [3.8, 4) is 28.4 Å². The minimum Gasteiger partial charge on any atom is -0.505 e. The molecule has 0 aliphatic carbocycles. The van der Waals surface area contributed by atoms with Gasteiger partial charge in [-0.25, -0.2) is 9.37 Å². The van der Waals surface area contributed by atoms with Crippen LogP contribution in [0, 0.1) is 5.82 Å². The molecular weight excluding hydrogens is 497 g/mol. The highest BCUT2D eigenvalue weighted by atomic mass is 19.1. The Bertz CT molecular complexity index is 1550. The summed E-state index contributed by atoms with van der Waals surface area (Å²) in [5.74, 6) is -0.126. The number of carbonyl (C=O) groups is 1. The molecule has 3 N–H and O–H groups in total. The van der Waals surface area contributed by atoms with Crippen LogP contribution in [0.3, 0.4) is 0 Å². The molecule has 9 nitrogen and oxygen atoms in total. The number of hydrogen-bond acceptors (Lipinski definition) is 6. The van der Waals surface area contributed by atoms with Crippen LogP contribution in [0.5, 0.6) is 5.75 Å². The van der Waals surface area contributed by atoms with Crippen LogP contribution in [0.25, 0.3) is 33.5 Å². The van der Waals surface area contributed by atoms with E-state index in [-0.39, 0.29) is 17.7 Å². The van der Waals surface area contributed by atoms with Crippen molar-refractivity contribution in [3.05, 3.63) is 53.1 Å². The largest absolute Gasteiger partial charge is 0.505 e. The van der Waals surface area contributed by atoms with Crippen molar-refractivity contribution in [3.63, 3.8) is 0 Å². The summed E-state index contributed by atoms with van der Waals surface area (Å²) in [7, 11) is 4.11. The molecular formula is C29H34FN7O2. The summed E-state index contributed by atoms with van der Waals surface area (Å²) in [5.41, 5.74) is 5.91. The molecule has 1 saturated heterocycles. The number of benzene rings is 2. The number of H-pyrrole nitrogens is 2. The van der Waals surface area contributed by atoms with Gasteiger partial charge in [0, 0.05) is 37.5 Å². The summed E-state index contributed by atoms with van der Waals surface area (Å²) in [4.78, 5) is 28.1. The summed E-state index contributed by atoms with van der Waals surface area (Å²) in [5, 5.41) is 18.4. The topological polar surface area (TPSA) is 104 Å². The number of rotatable bonds is 6. The Balaban J connectivity index is 1.27. The van der Waals surface area contributed by atoms with E-state index in [0.717, 1.165) is 58.6 Å². The third-order valence-corrected chi connectivity index (χ3v) is 8.30. The lowest BCUT2D eigenvalue weighted by atomic mass is 9.96. The first-order chi connectivity index (χ1) is 18.8. The van der Waals surface area contributed by atoms with Gasteiger partial charge in [0.05, 0.1) is 22.9 Å². The number of aryl methyl sites for hydroxylation is 1. The number of phenols is 1. The molecule has 4 heterocycles. The number of phenolic OH excluding ortho intramolecular Hbond substituents is 1. The number of amides is 1. The molecule has 4 aromatic rings. The Hall–Kier alpha value is -3.76. The van der Waals surface area contributed by atoms with Crippen LogP contribution in [0.1, 0.15) is 30.8 Å². The van der Waals surface area contributed by atoms with Crippen molar-refractivity contribution in [2.24, 2.45) is 0 Å². The molecule has 204 valence electrons. The number of carbonyl (C=O) groups excluding carboxylic acids is 1. The van der Waals surface area contributed by atoms with E-state index < -0.39 is 5.82 Å². The summed E-state index contributed by atoms with van der Waals surface area (Å²) in [6.45, 7) is 7.03. The number of nitrogens with zero attached hydrogens (tertiary/aromatic N) is 5. The molecule has 2 aromatic carbocycles. The van der Waals surface area contributed by atoms with Gasteiger partial charge >= 0.3 is 0 Å². The molecule has 1 amide bonds. The minimum atomic E-state index is -0.640. The maximum absolute atomic E-state index is 14.2. The number of likely N-dealkylation sites (N-methyl/N-ethyl adjacent to an activating group) is 2. The van der Waals surface area contributed by atoms with E-state index in [1.165, 1.54) is 12.1 Å². The monoisotopic (exact) mass is 531 g/mol. The number of aromatic nitrogens is 4. The fourth-order valence-corrected chi connectivity index (χ4v) is 5.77. The molecule has 10 heteroatoms. The van der Waals surface area contributed by atoms with Crippen molar-refractivity contribution in [2.75, 3.05) is 33.7 Å². The quantitative estimate of drug-likeness (QED) is 0.352. The van der Waals surface area contributed by atoms with Crippen LogP contribution >= 0.6 is 0 Å². The van der Waals surface area contributed by atoms with Crippen molar-refractivity contribution in [2.45, 2.75) is 45.3 Å². The van der Waals surface area contributed by atoms with Crippen molar-refractivity contribution in [1.82, 2.24) is 34.9 Å². The lowest BCUT2D eigenvalue weighted by Gasteiger charge is -2.46. The second kappa shape index (κ2) is 9.77. The minimum absolute atomic E-state index is 0.181. The Kier molecular flexibility index (Phi) is 6.39. The highest BCUT2D eigenvalue weighted by Crippen LogP contribution is 2.34. The second-order valence-corrected chi connectivity index (χ2v) is 10.8. The first-order valence-corrected chi connectivity index (χ1v) is 13.5. The van der Waals surface area contributed by atoms with Gasteiger partial charge in [-0.3, -0.25) is 14.8 Å². The number of hydrogen-bond donors (Lipinski definition) is 3. The van der Waals surface area contributed by atoms with Crippen molar-refractivity contribution in [1.29, 1.82) is 0 Å². The van der Waals surface area contributed by atoms with Gasteiger partial charge in [-0.2, -0.15) is 5.10 Å². The Morgan fingerprint density at radius 1 is 1.21 bits per heavy atom. The van der Waals surface area contributed by atoms with Gasteiger partial charge in [0.25, 0.3) is 0 Å². The third-order valence-electron chi connectivity index (χ3n) is 8.30. The van der Waals surface area contributed by atoms with Crippen LogP contribution in [-0.2, 0) is 24.2 Å². The van der Waals surface area contributed by atoms with Gasteiger partial charge in [0.2, 0.25) is 5.91 Å². The zero-order valence-corrected chi connectivity index (χ0v) is 22.8. The highest BCUT2D eigenvalue weighted by Gasteiger charge is 2.40. The average Bonchev–Trinajstić information content (AvgIpc) is 3.50. The third kappa shape index (κ3) is 4.37. The maximum atomic E-state index is 14.2. The normalized spacial score (nSPS) is 18.1. The van der Waals surface area contributed by atoms with E-state index in [4.69, 9.17) is 4.98 Å². The fraction of sp³-hybridized carbons (Fsp3) is 0.414. The van der Waals surface area contributed by atoms with Crippen LogP contribution in [0.4, 0.5) is 4.39 Å². The van der Waals surface area contributed by atoms with Crippen LogP contribution < -0.4 is 0 Å². The molecule has 2 aliphatic rings. The zero-order chi connectivity index (χ0) is 27.4. The Morgan fingerprint density at radius 3 is 2.72 bits per heavy atom. The number of aromatic amines is 2. The van der Waals surface area contributed by atoms with E-state index in [0.29, 0.717) is 36.9 Å². The molecule has 2 aliphatic heterocycles. The smallest absolute Gasteiger partial charge is 0.240 e. The Labute approximate surface area is 226 Å². The van der Waals surface area contributed by atoms with Crippen molar-refractivity contribution < 1.29 is 14.3 Å². The predicted molar refractivity (Wildman–Crippen MR) is 148 cm³/mol. The van der Waals surface area contributed by atoms with E-state index in [2.05, 4.69) is 46.0 Å². The van der Waals surface area contributed by atoms with Gasteiger partial charge in [-0.1, -0.05) is 19.9 Å². The lowest BCUT2D eigenvalue weighted by molar-refractivity contribution is -0.144. The summed E-state index contributed by atoms with van der Waals surface area (Å²) < 4.78 is 14.2. The molecule has 0 bridgehead atoms. The molecule has 2 aromatic heterocycles. The second-order valence-electron chi connectivity index (χ2n) is 10.8. The standard InChI is InChI=1S/C29H34FN7O2/c1-5-16-10-26(38)21(30)11-20(16)17-7-8-19-22(9-17)33-34-27(19)28-31-23-12-25(36(6-2)15-24(23)32-28)29(39)37-13-18(14-37)35(3)4/h7-11,18,25,38H,5-6,12-15H2,1-4H3,(H,31,32)(H,33,34). The first-order valence-electron chi connectivity index (χ1n) is 13.5. The fourth-order valence-electron chi connectivity index (χ4n) is 5.77. The molecule has 1 unspecified atom stereocenters. The first kappa shape index (κ1) is 25.5. The summed E-state index contributed by atoms with van der Waals surface area (Å²) in [6.07, 6.45) is 1.24. The molecule has 6 rings (SSSR count). The molecule has 1 atom stereocenters. The number of fused-ring (bicyclic) bond motifs is 2. The number of likely N-dealkylation sites (tertiary alicyclic amines) is 1. The van der Waals surface area contributed by atoms with E-state index in [1.807, 2.05) is 30.0 Å². The number of imidazole rings is 1. The van der Waals surface area contributed by atoms with Gasteiger partial charge in [-0.15, -0.1) is 0 Å². The van der Waals surface area contributed by atoms with Crippen molar-refractivity contribution >= 4 is 16.8 Å². The van der Waals surface area contributed by atoms with Crippen LogP contribution in [0.15, 0.2) is 30.3 Å². The number of halogens is 1. The number of aromatic hydroxyl groups is 1. The summed E-state index contributed by atoms with van der Waals surface area (Å²) in [6, 6.07) is 8.93. The number of nitrogens with one attached hydrogen (secondary N) is 2. The van der Waals surface area contributed by atoms with Gasteiger partial charge in [0.15, 0.2) is 17.4 Å². The molecule has 0 spiro atoms. The molecule has 0 radical (unpaired) electrons. The van der Waals surface area contributed by atoms with Gasteiger partial charge < -0.3 is 19.9 Å². The Morgan fingerprint density at radius 2 is 2.00 bits per heavy atom. The lowest BCUT2D eigenvalue weighted by Crippen LogP contribution is -2.63. The average molecular weight is 532 g/mol. The highest BCUT2D eigenvalue weighted by molar-refractivity contribution is 5.94. The predicted octanol–water partition coefficient (Wildman–Crippen LogP) is 3.55. The summed E-state index contributed by atoms with van der Waals surface area (Å²) >= 11 is 0. The van der Waals surface area contributed by atoms with Gasteiger partial charge in [-0.05, 0) is 68.0 Å². The maximum Gasteiger partial charge on any atom is 0.240 e. The SMILES string of the molecule is CCc1cc(O)c(F)cc1-c1ccc2c(-c3nc4c([nH]3)CN(CC)C(C(=O)N3CC(N(C)C)C3)C4)n[nH]c2c1. The molecule has 1 fully saturated rings. The van der Waals surface area contributed by atoms with E-state index in [9.17, 15) is 14.3 Å².